The predicted molar refractivity (Wildman–Crippen MR) is 68.0 cm³/mol. The first kappa shape index (κ1) is 10.1. The maximum atomic E-state index is 6.39. The largest absolute Gasteiger partial charge is 0.256 e. The van der Waals surface area contributed by atoms with E-state index in [1.54, 1.807) is 0 Å². The molecule has 2 unspecified atom stereocenters. The summed E-state index contributed by atoms with van der Waals surface area (Å²) >= 11 is 6.39. The Labute approximate surface area is 100 Å². The lowest BCUT2D eigenvalue weighted by molar-refractivity contribution is 0.736. The third kappa shape index (κ3) is 1.60. The van der Waals surface area contributed by atoms with Crippen LogP contribution in [-0.4, -0.2) is 10.4 Å². The Morgan fingerprint density at radius 1 is 1.12 bits per heavy atom. The molecule has 1 fully saturated rings. The molecule has 0 bridgehead atoms. The van der Waals surface area contributed by atoms with E-state index in [2.05, 4.69) is 29.2 Å². The fraction of sp³-hybridized carbons (Fsp3) is 0.357. The molecule has 2 atom stereocenters. The molecule has 1 aliphatic carbocycles. The molecule has 0 aliphatic heterocycles. The number of benzene rings is 1. The third-order valence-electron chi connectivity index (χ3n) is 3.51. The van der Waals surface area contributed by atoms with E-state index >= 15 is 0 Å². The van der Waals surface area contributed by atoms with Gasteiger partial charge in [0.25, 0.3) is 0 Å². The van der Waals surface area contributed by atoms with Crippen LogP contribution >= 0.6 is 11.6 Å². The predicted octanol–water partition coefficient (Wildman–Crippen LogP) is 4.11. The van der Waals surface area contributed by atoms with Gasteiger partial charge in [0.05, 0.1) is 5.52 Å². The van der Waals surface area contributed by atoms with E-state index in [9.17, 15) is 0 Å². The normalized spacial score (nSPS) is 25.1. The Morgan fingerprint density at radius 2 is 2.06 bits per heavy atom. The smallest absolute Gasteiger partial charge is 0.0704 e. The Bertz CT molecular complexity index is 504. The topological polar surface area (TPSA) is 12.9 Å². The Kier molecular flexibility index (Phi) is 2.56. The highest BCUT2D eigenvalue weighted by Crippen LogP contribution is 2.40. The number of hydrogen-bond donors (Lipinski definition) is 0. The van der Waals surface area contributed by atoms with Gasteiger partial charge < -0.3 is 0 Å². The summed E-state index contributed by atoms with van der Waals surface area (Å²) in [7, 11) is 0. The van der Waals surface area contributed by atoms with Crippen LogP contribution in [0.25, 0.3) is 10.9 Å². The van der Waals surface area contributed by atoms with Crippen molar-refractivity contribution in [1.29, 1.82) is 0 Å². The second-order valence-electron chi connectivity index (χ2n) is 4.47. The molecule has 0 radical (unpaired) electrons. The first-order valence-corrected chi connectivity index (χ1v) is 6.27. The Morgan fingerprint density at radius 3 is 2.88 bits per heavy atom. The summed E-state index contributed by atoms with van der Waals surface area (Å²) < 4.78 is 0. The van der Waals surface area contributed by atoms with E-state index in [1.807, 2.05) is 12.3 Å². The first-order valence-electron chi connectivity index (χ1n) is 5.84. The summed E-state index contributed by atoms with van der Waals surface area (Å²) in [4.78, 5) is 4.40. The average Bonchev–Trinajstić information content (AvgIpc) is 2.75. The molecule has 0 saturated heterocycles. The van der Waals surface area contributed by atoms with Crippen molar-refractivity contribution < 1.29 is 0 Å². The minimum absolute atomic E-state index is 0.297. The molecule has 1 aromatic carbocycles. The number of aromatic nitrogens is 1. The van der Waals surface area contributed by atoms with Crippen molar-refractivity contribution in [2.75, 3.05) is 0 Å². The molecular formula is C14H14ClN. The van der Waals surface area contributed by atoms with Gasteiger partial charge in [0.15, 0.2) is 0 Å². The van der Waals surface area contributed by atoms with E-state index in [-0.39, 0.29) is 0 Å². The van der Waals surface area contributed by atoms with Crippen LogP contribution < -0.4 is 0 Å². The monoisotopic (exact) mass is 231 g/mol. The zero-order valence-corrected chi connectivity index (χ0v) is 9.82. The molecule has 1 aliphatic rings. The summed E-state index contributed by atoms with van der Waals surface area (Å²) in [6.07, 6.45) is 5.44. The standard InChI is InChI=1S/C14H14ClN/c15-13-7-1-5-11(13)10-4-2-8-14-12(10)6-3-9-16-14/h2-4,6,8-9,11,13H,1,5,7H2. The highest BCUT2D eigenvalue weighted by Gasteiger charge is 2.27. The zero-order chi connectivity index (χ0) is 11.0. The van der Waals surface area contributed by atoms with Crippen LogP contribution in [0.1, 0.15) is 30.7 Å². The van der Waals surface area contributed by atoms with Gasteiger partial charge in [0.1, 0.15) is 0 Å². The molecule has 1 aromatic heterocycles. The van der Waals surface area contributed by atoms with Gasteiger partial charge in [-0.15, -0.1) is 11.6 Å². The second-order valence-corrected chi connectivity index (χ2v) is 5.03. The summed E-state index contributed by atoms with van der Waals surface area (Å²) in [6.45, 7) is 0. The summed E-state index contributed by atoms with van der Waals surface area (Å²) in [5.74, 6) is 0.509. The maximum absolute atomic E-state index is 6.39. The number of fused-ring (bicyclic) bond motifs is 1. The molecule has 82 valence electrons. The minimum atomic E-state index is 0.297. The number of nitrogens with zero attached hydrogens (tertiary/aromatic N) is 1. The van der Waals surface area contributed by atoms with Crippen LogP contribution in [0.2, 0.25) is 0 Å². The van der Waals surface area contributed by atoms with E-state index in [0.29, 0.717) is 11.3 Å². The van der Waals surface area contributed by atoms with Gasteiger partial charge in [0.2, 0.25) is 0 Å². The fourth-order valence-corrected chi connectivity index (χ4v) is 3.13. The minimum Gasteiger partial charge on any atom is -0.256 e. The van der Waals surface area contributed by atoms with Crippen molar-refractivity contribution in [2.45, 2.75) is 30.6 Å². The van der Waals surface area contributed by atoms with Gasteiger partial charge in [0, 0.05) is 22.9 Å². The molecule has 1 heterocycles. The molecule has 3 rings (SSSR count). The number of rotatable bonds is 1. The SMILES string of the molecule is ClC1CCCC1c1cccc2ncccc12. The van der Waals surface area contributed by atoms with E-state index in [4.69, 9.17) is 11.6 Å². The molecule has 1 nitrogen and oxygen atoms in total. The Hall–Kier alpha value is -1.08. The summed E-state index contributed by atoms with van der Waals surface area (Å²) in [5.41, 5.74) is 2.46. The van der Waals surface area contributed by atoms with E-state index < -0.39 is 0 Å². The van der Waals surface area contributed by atoms with Crippen molar-refractivity contribution in [2.24, 2.45) is 0 Å². The number of alkyl halides is 1. The van der Waals surface area contributed by atoms with Crippen molar-refractivity contribution >= 4 is 22.5 Å². The lowest BCUT2D eigenvalue weighted by atomic mass is 9.93. The summed E-state index contributed by atoms with van der Waals surface area (Å²) in [5, 5.41) is 1.56. The average molecular weight is 232 g/mol. The number of halogens is 1. The number of pyridine rings is 1. The van der Waals surface area contributed by atoms with Crippen molar-refractivity contribution in [1.82, 2.24) is 4.98 Å². The van der Waals surface area contributed by atoms with Crippen LogP contribution in [0.3, 0.4) is 0 Å². The van der Waals surface area contributed by atoms with Crippen molar-refractivity contribution in [3.05, 3.63) is 42.1 Å². The van der Waals surface area contributed by atoms with Crippen molar-refractivity contribution in [3.63, 3.8) is 0 Å². The van der Waals surface area contributed by atoms with Gasteiger partial charge in [-0.05, 0) is 30.5 Å². The molecule has 0 N–H and O–H groups in total. The maximum Gasteiger partial charge on any atom is 0.0704 e. The quantitative estimate of drug-likeness (QED) is 0.673. The van der Waals surface area contributed by atoms with Gasteiger partial charge in [-0.25, -0.2) is 0 Å². The van der Waals surface area contributed by atoms with Crippen LogP contribution in [0.4, 0.5) is 0 Å². The molecule has 2 heteroatoms. The lowest BCUT2D eigenvalue weighted by Gasteiger charge is -2.16. The fourth-order valence-electron chi connectivity index (χ4n) is 2.72. The molecule has 0 amide bonds. The molecule has 2 aromatic rings. The van der Waals surface area contributed by atoms with Crippen LogP contribution in [-0.2, 0) is 0 Å². The van der Waals surface area contributed by atoms with E-state index in [0.717, 1.165) is 11.9 Å². The van der Waals surface area contributed by atoms with Gasteiger partial charge in [-0.1, -0.05) is 24.6 Å². The highest BCUT2D eigenvalue weighted by atomic mass is 35.5. The second kappa shape index (κ2) is 4.06. The molecule has 16 heavy (non-hydrogen) atoms. The van der Waals surface area contributed by atoms with Crippen LogP contribution in [0.15, 0.2) is 36.5 Å². The van der Waals surface area contributed by atoms with E-state index in [1.165, 1.54) is 23.8 Å². The zero-order valence-electron chi connectivity index (χ0n) is 9.07. The van der Waals surface area contributed by atoms with Crippen LogP contribution in [0, 0.1) is 0 Å². The van der Waals surface area contributed by atoms with Gasteiger partial charge >= 0.3 is 0 Å². The van der Waals surface area contributed by atoms with Crippen molar-refractivity contribution in [3.8, 4) is 0 Å². The van der Waals surface area contributed by atoms with Gasteiger partial charge in [-0.3, -0.25) is 4.98 Å². The number of hydrogen-bond acceptors (Lipinski definition) is 1. The Balaban J connectivity index is 2.16. The lowest BCUT2D eigenvalue weighted by Crippen LogP contribution is -2.05. The molecular weight excluding hydrogens is 218 g/mol. The highest BCUT2D eigenvalue weighted by molar-refractivity contribution is 6.21. The third-order valence-corrected chi connectivity index (χ3v) is 4.03. The molecule has 1 saturated carbocycles. The summed E-state index contributed by atoms with van der Waals surface area (Å²) in [6, 6.07) is 10.5. The first-order chi connectivity index (χ1) is 7.86. The molecule has 0 spiro atoms. The van der Waals surface area contributed by atoms with Gasteiger partial charge in [-0.2, -0.15) is 0 Å². The van der Waals surface area contributed by atoms with Crippen LogP contribution in [0.5, 0.6) is 0 Å².